The van der Waals surface area contributed by atoms with Crippen molar-refractivity contribution in [1.29, 1.82) is 0 Å². The molecular formula is C58H46N4. The lowest BCUT2D eigenvalue weighted by Crippen LogP contribution is -2.28. The lowest BCUT2D eigenvalue weighted by Gasteiger charge is -2.29. The van der Waals surface area contributed by atoms with Crippen molar-refractivity contribution in [3.63, 3.8) is 0 Å². The topological polar surface area (TPSA) is 32.6 Å². The molecule has 12 rings (SSSR count). The van der Waals surface area contributed by atoms with Gasteiger partial charge in [0.1, 0.15) is 6.17 Å². The molecule has 0 fully saturated rings. The molecule has 2 aliphatic heterocycles. The highest BCUT2D eigenvalue weighted by atomic mass is 15.2. The maximum absolute atomic E-state index is 5.27. The first-order chi connectivity index (χ1) is 30.8. The van der Waals surface area contributed by atoms with Crippen LogP contribution < -0.4 is 10.2 Å². The van der Waals surface area contributed by atoms with Gasteiger partial charge in [0.2, 0.25) is 0 Å². The number of aliphatic imine (C=N–C) groups is 1. The third-order valence-corrected chi connectivity index (χ3v) is 13.2. The number of nitrogens with zero attached hydrogens (tertiary/aromatic N) is 3. The molecule has 6 aromatic carbocycles. The van der Waals surface area contributed by atoms with Crippen LogP contribution in [0.3, 0.4) is 0 Å². The van der Waals surface area contributed by atoms with Crippen molar-refractivity contribution < 1.29 is 0 Å². The molecule has 4 nitrogen and oxygen atoms in total. The molecule has 1 aromatic heterocycles. The summed E-state index contributed by atoms with van der Waals surface area (Å²) in [6.45, 7) is 0. The van der Waals surface area contributed by atoms with Crippen LogP contribution in [-0.4, -0.2) is 16.3 Å². The summed E-state index contributed by atoms with van der Waals surface area (Å²) in [7, 11) is 0. The van der Waals surface area contributed by atoms with Crippen molar-refractivity contribution >= 4 is 44.5 Å². The van der Waals surface area contributed by atoms with Crippen LogP contribution in [0.2, 0.25) is 0 Å². The van der Waals surface area contributed by atoms with Crippen molar-refractivity contribution in [2.45, 2.75) is 43.8 Å². The van der Waals surface area contributed by atoms with E-state index in [1.54, 1.807) is 0 Å². The van der Waals surface area contributed by atoms with Gasteiger partial charge in [0.25, 0.3) is 0 Å². The van der Waals surface area contributed by atoms with Gasteiger partial charge in [-0.15, -0.1) is 0 Å². The molecule has 3 aliphatic carbocycles. The second-order valence-corrected chi connectivity index (χ2v) is 16.9. The van der Waals surface area contributed by atoms with Crippen LogP contribution in [0.25, 0.3) is 44.2 Å². The summed E-state index contributed by atoms with van der Waals surface area (Å²) in [5, 5.41) is 6.37. The molecule has 298 valence electrons. The summed E-state index contributed by atoms with van der Waals surface area (Å²) in [5.74, 6) is 0.303. The number of fused-ring (bicyclic) bond motifs is 6. The van der Waals surface area contributed by atoms with Crippen LogP contribution >= 0.6 is 0 Å². The van der Waals surface area contributed by atoms with Crippen LogP contribution in [0.15, 0.2) is 228 Å². The van der Waals surface area contributed by atoms with Gasteiger partial charge >= 0.3 is 0 Å². The van der Waals surface area contributed by atoms with E-state index in [0.29, 0.717) is 5.92 Å². The normalized spacial score (nSPS) is 20.2. The summed E-state index contributed by atoms with van der Waals surface area (Å²) < 4.78 is 2.46. The highest BCUT2D eigenvalue weighted by Gasteiger charge is 2.39. The summed E-state index contributed by atoms with van der Waals surface area (Å²) in [4.78, 5) is 7.82. The molecule has 3 atom stereocenters. The largest absolute Gasteiger partial charge is 0.360 e. The fraction of sp³-hybridized carbons (Fsp3) is 0.121. The molecule has 5 aliphatic rings. The number of anilines is 2. The fourth-order valence-corrected chi connectivity index (χ4v) is 10.4. The van der Waals surface area contributed by atoms with Gasteiger partial charge in [-0.1, -0.05) is 158 Å². The molecule has 62 heavy (non-hydrogen) atoms. The Morgan fingerprint density at radius 1 is 0.597 bits per heavy atom. The van der Waals surface area contributed by atoms with Crippen LogP contribution in [0.1, 0.15) is 54.5 Å². The van der Waals surface area contributed by atoms with Crippen molar-refractivity contribution in [3.8, 4) is 16.8 Å². The van der Waals surface area contributed by atoms with Crippen molar-refractivity contribution in [2.24, 2.45) is 4.99 Å². The van der Waals surface area contributed by atoms with E-state index in [9.17, 15) is 0 Å². The van der Waals surface area contributed by atoms with Crippen molar-refractivity contribution in [1.82, 2.24) is 9.88 Å². The van der Waals surface area contributed by atoms with Crippen molar-refractivity contribution in [2.75, 3.05) is 4.90 Å². The van der Waals surface area contributed by atoms with Gasteiger partial charge in [0, 0.05) is 44.9 Å². The highest BCUT2D eigenvalue weighted by molar-refractivity contribution is 6.12. The first kappa shape index (κ1) is 36.4. The predicted molar refractivity (Wildman–Crippen MR) is 259 cm³/mol. The van der Waals surface area contributed by atoms with Crippen LogP contribution in [0.4, 0.5) is 11.4 Å². The van der Waals surface area contributed by atoms with E-state index in [2.05, 4.69) is 221 Å². The number of nitrogens with one attached hydrogen (secondary N) is 1. The SMILES string of the molecule is C1=CCCC(C2=NC(c3ccccc3)NC(C3=CCCC=C3c3ccc4c(c3)c3ccccc3n4-c3cccc(-c4cccc5c4N(c4ccccc4)C4C=CC=CC54)c3)=C2)=C1. The molecule has 3 heterocycles. The molecule has 0 radical (unpaired) electrons. The first-order valence-electron chi connectivity index (χ1n) is 22.1. The van der Waals surface area contributed by atoms with Gasteiger partial charge < -0.3 is 14.8 Å². The van der Waals surface area contributed by atoms with E-state index in [-0.39, 0.29) is 12.2 Å². The number of hydrogen-bond acceptors (Lipinski definition) is 3. The quantitative estimate of drug-likeness (QED) is 0.174. The standard InChI is InChI=1S/C58H46N4/c1-4-18-39(19-5-1)52-38-53(60-58(59-52)40-20-6-2-7-21-40)47-27-11-10-26-45(47)42-34-35-56-51(37-42)49-29-13-14-32-54(49)61(56)44-25-16-22-41(36-44)46-30-17-31-50-48-28-12-15-33-55(48)62(57(46)50)43-23-8-3-9-24-43/h1-4,6-9,12-18,20-38,48,55,58,60H,5,10-11,19H2. The van der Waals surface area contributed by atoms with Crippen LogP contribution in [0.5, 0.6) is 0 Å². The lowest BCUT2D eigenvalue weighted by molar-refractivity contribution is 0.625. The smallest absolute Gasteiger partial charge is 0.145 e. The number of aromatic nitrogens is 1. The van der Waals surface area contributed by atoms with Gasteiger partial charge in [-0.2, -0.15) is 0 Å². The molecule has 0 amide bonds. The molecule has 0 saturated heterocycles. The van der Waals surface area contributed by atoms with E-state index in [0.717, 1.165) is 42.8 Å². The Labute approximate surface area is 363 Å². The molecule has 0 bridgehead atoms. The molecule has 0 spiro atoms. The maximum atomic E-state index is 5.27. The minimum atomic E-state index is -0.158. The summed E-state index contributed by atoms with van der Waals surface area (Å²) in [6, 6.07) is 53.7. The second kappa shape index (κ2) is 15.2. The summed E-state index contributed by atoms with van der Waals surface area (Å²) >= 11 is 0. The summed E-state index contributed by atoms with van der Waals surface area (Å²) in [6.07, 6.45) is 26.8. The predicted octanol–water partition coefficient (Wildman–Crippen LogP) is 14.2. The first-order valence-corrected chi connectivity index (χ1v) is 22.1. The Bertz CT molecular complexity index is 3170. The lowest BCUT2D eigenvalue weighted by atomic mass is 9.87. The van der Waals surface area contributed by atoms with Gasteiger partial charge in [0.15, 0.2) is 0 Å². The third kappa shape index (κ3) is 6.17. The molecule has 0 saturated carbocycles. The van der Waals surface area contributed by atoms with Crippen LogP contribution in [-0.2, 0) is 0 Å². The number of allylic oxidation sites excluding steroid dienone is 10. The fourth-order valence-electron chi connectivity index (χ4n) is 10.4. The number of rotatable bonds is 7. The average molecular weight is 799 g/mol. The molecule has 1 N–H and O–H groups in total. The minimum Gasteiger partial charge on any atom is -0.360 e. The van der Waals surface area contributed by atoms with Gasteiger partial charge in [0.05, 0.1) is 28.5 Å². The Morgan fingerprint density at radius 3 is 2.24 bits per heavy atom. The Kier molecular flexibility index (Phi) is 8.95. The summed E-state index contributed by atoms with van der Waals surface area (Å²) in [5.41, 5.74) is 18.3. The van der Waals surface area contributed by atoms with E-state index in [4.69, 9.17) is 4.99 Å². The third-order valence-electron chi connectivity index (χ3n) is 13.2. The van der Waals surface area contributed by atoms with Gasteiger partial charge in [-0.05, 0) is 108 Å². The van der Waals surface area contributed by atoms with E-state index < -0.39 is 0 Å². The number of benzene rings is 6. The zero-order chi connectivity index (χ0) is 41.0. The maximum Gasteiger partial charge on any atom is 0.145 e. The van der Waals surface area contributed by atoms with Gasteiger partial charge in [-0.3, -0.25) is 4.99 Å². The zero-order valence-electron chi connectivity index (χ0n) is 34.5. The van der Waals surface area contributed by atoms with Crippen molar-refractivity contribution in [3.05, 3.63) is 240 Å². The molecule has 4 heteroatoms. The Hall–Kier alpha value is -7.43. The number of para-hydroxylation sites is 3. The Morgan fingerprint density at radius 2 is 1.37 bits per heavy atom. The molecule has 3 unspecified atom stereocenters. The molecular weight excluding hydrogens is 753 g/mol. The van der Waals surface area contributed by atoms with E-state index >= 15 is 0 Å². The molecule has 7 aromatic rings. The average Bonchev–Trinajstić information content (AvgIpc) is 3.87. The van der Waals surface area contributed by atoms with Gasteiger partial charge in [-0.25, -0.2) is 0 Å². The zero-order valence-corrected chi connectivity index (χ0v) is 34.5. The second-order valence-electron chi connectivity index (χ2n) is 16.9. The minimum absolute atomic E-state index is 0.158. The highest BCUT2D eigenvalue weighted by Crippen LogP contribution is 2.52. The number of hydrogen-bond donors (Lipinski definition) is 1. The van der Waals surface area contributed by atoms with E-state index in [1.807, 2.05) is 0 Å². The monoisotopic (exact) mass is 798 g/mol. The Balaban J connectivity index is 0.947. The van der Waals surface area contributed by atoms with E-state index in [1.165, 1.54) is 77.7 Å². The van der Waals surface area contributed by atoms with Crippen LogP contribution in [0, 0.1) is 0 Å².